The van der Waals surface area contributed by atoms with Gasteiger partial charge in [-0.3, -0.25) is 5.43 Å². The maximum Gasteiger partial charge on any atom is 0.237 e. The molecule has 1 aromatic carbocycles. The number of nitrogens with one attached hydrogen (secondary N) is 1. The van der Waals surface area contributed by atoms with Crippen LogP contribution >= 0.6 is 0 Å². The summed E-state index contributed by atoms with van der Waals surface area (Å²) in [5.41, 5.74) is 5.83. The maximum absolute atomic E-state index is 5.30. The van der Waals surface area contributed by atoms with E-state index in [1.807, 2.05) is 6.07 Å². The molecule has 18 heavy (non-hydrogen) atoms. The second-order valence-electron chi connectivity index (χ2n) is 5.24. The summed E-state index contributed by atoms with van der Waals surface area (Å²) in [6.45, 7) is 6.59. The Labute approximate surface area is 107 Å². The molecule has 2 aromatic rings. The Balaban J connectivity index is 2.34. The minimum Gasteiger partial charge on any atom is -0.292 e. The Hall–Kier alpha value is -1.94. The van der Waals surface area contributed by atoms with Crippen molar-refractivity contribution >= 4 is 5.95 Å². The Morgan fingerprint density at radius 3 is 2.28 bits per heavy atom. The Kier molecular flexibility index (Phi) is 3.30. The van der Waals surface area contributed by atoms with Crippen molar-refractivity contribution in [3.05, 3.63) is 42.1 Å². The Bertz CT molecular complexity index is 526. The van der Waals surface area contributed by atoms with Crippen LogP contribution in [-0.4, -0.2) is 9.97 Å². The summed E-state index contributed by atoms with van der Waals surface area (Å²) in [5.74, 6) is 5.73. The third-order valence-electron chi connectivity index (χ3n) is 2.83. The second kappa shape index (κ2) is 4.74. The third-order valence-corrected chi connectivity index (χ3v) is 2.83. The summed E-state index contributed by atoms with van der Waals surface area (Å²) < 4.78 is 0. The third kappa shape index (κ3) is 2.65. The average molecular weight is 242 g/mol. The first-order valence-corrected chi connectivity index (χ1v) is 5.91. The SMILES string of the molecule is CC(C)(C)c1ccc(-c2ccnc(NN)n2)cc1. The number of aromatic nitrogens is 2. The molecule has 0 fully saturated rings. The van der Waals surface area contributed by atoms with Crippen LogP contribution in [0.15, 0.2) is 36.5 Å². The molecule has 0 aliphatic heterocycles. The van der Waals surface area contributed by atoms with Crippen molar-refractivity contribution in [2.24, 2.45) is 5.84 Å². The largest absolute Gasteiger partial charge is 0.292 e. The second-order valence-corrected chi connectivity index (χ2v) is 5.24. The van der Waals surface area contributed by atoms with Crippen molar-refractivity contribution in [2.45, 2.75) is 26.2 Å². The topological polar surface area (TPSA) is 63.8 Å². The van der Waals surface area contributed by atoms with E-state index in [4.69, 9.17) is 5.84 Å². The maximum atomic E-state index is 5.30. The van der Waals surface area contributed by atoms with Gasteiger partial charge in [-0.15, -0.1) is 0 Å². The number of nitrogens with zero attached hydrogens (tertiary/aromatic N) is 2. The van der Waals surface area contributed by atoms with Crippen molar-refractivity contribution < 1.29 is 0 Å². The van der Waals surface area contributed by atoms with Gasteiger partial charge in [-0.05, 0) is 17.0 Å². The van der Waals surface area contributed by atoms with Crippen LogP contribution in [0, 0.1) is 0 Å². The molecule has 0 saturated heterocycles. The molecule has 0 atom stereocenters. The van der Waals surface area contributed by atoms with Gasteiger partial charge in [0.25, 0.3) is 0 Å². The average Bonchev–Trinajstić information content (AvgIpc) is 2.38. The van der Waals surface area contributed by atoms with Crippen LogP contribution in [0.2, 0.25) is 0 Å². The van der Waals surface area contributed by atoms with Gasteiger partial charge in [0, 0.05) is 11.8 Å². The zero-order valence-electron chi connectivity index (χ0n) is 10.9. The molecule has 0 aliphatic rings. The molecule has 0 unspecified atom stereocenters. The van der Waals surface area contributed by atoms with E-state index in [1.54, 1.807) is 6.20 Å². The number of anilines is 1. The molecule has 0 spiro atoms. The molecule has 0 saturated carbocycles. The van der Waals surface area contributed by atoms with E-state index in [-0.39, 0.29) is 5.41 Å². The van der Waals surface area contributed by atoms with Gasteiger partial charge in [0.2, 0.25) is 5.95 Å². The molecular weight excluding hydrogens is 224 g/mol. The predicted molar refractivity (Wildman–Crippen MR) is 74.0 cm³/mol. The quantitative estimate of drug-likeness (QED) is 0.628. The summed E-state index contributed by atoms with van der Waals surface area (Å²) in [6.07, 6.45) is 1.69. The Morgan fingerprint density at radius 1 is 1.06 bits per heavy atom. The van der Waals surface area contributed by atoms with Crippen LogP contribution in [0.3, 0.4) is 0 Å². The number of benzene rings is 1. The fraction of sp³-hybridized carbons (Fsp3) is 0.286. The number of hydrogen-bond acceptors (Lipinski definition) is 4. The first-order valence-electron chi connectivity index (χ1n) is 5.91. The molecule has 94 valence electrons. The van der Waals surface area contributed by atoms with Crippen LogP contribution in [0.4, 0.5) is 5.95 Å². The number of nitrogen functional groups attached to an aromatic ring is 1. The normalized spacial score (nSPS) is 11.3. The van der Waals surface area contributed by atoms with Gasteiger partial charge < -0.3 is 0 Å². The molecule has 2 rings (SSSR count). The van der Waals surface area contributed by atoms with Gasteiger partial charge in [-0.2, -0.15) is 0 Å². The number of nitrogens with two attached hydrogens (primary N) is 1. The van der Waals surface area contributed by atoms with Gasteiger partial charge in [0.05, 0.1) is 5.69 Å². The molecule has 4 heteroatoms. The van der Waals surface area contributed by atoms with Crippen molar-refractivity contribution in [3.8, 4) is 11.3 Å². The predicted octanol–water partition coefficient (Wildman–Crippen LogP) is 2.73. The van der Waals surface area contributed by atoms with Crippen molar-refractivity contribution in [1.29, 1.82) is 0 Å². The summed E-state index contributed by atoms with van der Waals surface area (Å²) in [4.78, 5) is 8.30. The highest BCUT2D eigenvalue weighted by molar-refractivity contribution is 5.60. The standard InChI is InChI=1S/C14H18N4/c1-14(2,3)11-6-4-10(5-7-11)12-8-9-16-13(17-12)18-15/h4-9H,15H2,1-3H3,(H,16,17,18). The lowest BCUT2D eigenvalue weighted by Crippen LogP contribution is -2.11. The summed E-state index contributed by atoms with van der Waals surface area (Å²) in [7, 11) is 0. The lowest BCUT2D eigenvalue weighted by atomic mass is 9.86. The van der Waals surface area contributed by atoms with E-state index < -0.39 is 0 Å². The highest BCUT2D eigenvalue weighted by atomic mass is 15.3. The van der Waals surface area contributed by atoms with Crippen LogP contribution in [-0.2, 0) is 5.41 Å². The van der Waals surface area contributed by atoms with Gasteiger partial charge >= 0.3 is 0 Å². The van der Waals surface area contributed by atoms with Crippen LogP contribution in [0.1, 0.15) is 26.3 Å². The first kappa shape index (κ1) is 12.5. The molecule has 1 aromatic heterocycles. The fourth-order valence-electron chi connectivity index (χ4n) is 1.73. The highest BCUT2D eigenvalue weighted by Gasteiger charge is 2.13. The minimum atomic E-state index is 0.161. The molecule has 1 heterocycles. The van der Waals surface area contributed by atoms with E-state index in [0.29, 0.717) is 5.95 Å². The zero-order valence-corrected chi connectivity index (χ0v) is 10.9. The number of hydrogen-bond donors (Lipinski definition) is 2. The van der Waals surface area contributed by atoms with Crippen molar-refractivity contribution in [2.75, 3.05) is 5.43 Å². The van der Waals surface area contributed by atoms with E-state index in [9.17, 15) is 0 Å². The van der Waals surface area contributed by atoms with Crippen LogP contribution in [0.5, 0.6) is 0 Å². The summed E-state index contributed by atoms with van der Waals surface area (Å²) >= 11 is 0. The van der Waals surface area contributed by atoms with Gasteiger partial charge in [0.1, 0.15) is 0 Å². The molecule has 0 amide bonds. The fourth-order valence-corrected chi connectivity index (χ4v) is 1.73. The van der Waals surface area contributed by atoms with Crippen molar-refractivity contribution in [3.63, 3.8) is 0 Å². The van der Waals surface area contributed by atoms with E-state index in [1.165, 1.54) is 5.56 Å². The molecule has 4 nitrogen and oxygen atoms in total. The van der Waals surface area contributed by atoms with Crippen molar-refractivity contribution in [1.82, 2.24) is 9.97 Å². The highest BCUT2D eigenvalue weighted by Crippen LogP contribution is 2.25. The number of hydrazine groups is 1. The van der Waals surface area contributed by atoms with E-state index in [2.05, 4.69) is 60.4 Å². The molecule has 3 N–H and O–H groups in total. The molecule has 0 radical (unpaired) electrons. The van der Waals surface area contributed by atoms with Crippen LogP contribution < -0.4 is 11.3 Å². The number of rotatable bonds is 2. The molecule has 0 bridgehead atoms. The Morgan fingerprint density at radius 2 is 1.72 bits per heavy atom. The first-order chi connectivity index (χ1) is 8.50. The van der Waals surface area contributed by atoms with Gasteiger partial charge in [-0.25, -0.2) is 15.8 Å². The van der Waals surface area contributed by atoms with Gasteiger partial charge in [-0.1, -0.05) is 45.0 Å². The molecular formula is C14H18N4. The lowest BCUT2D eigenvalue weighted by Gasteiger charge is -2.19. The molecule has 0 aliphatic carbocycles. The zero-order chi connectivity index (χ0) is 13.2. The van der Waals surface area contributed by atoms with E-state index in [0.717, 1.165) is 11.3 Å². The smallest absolute Gasteiger partial charge is 0.237 e. The summed E-state index contributed by atoms with van der Waals surface area (Å²) in [5, 5.41) is 0. The van der Waals surface area contributed by atoms with Crippen LogP contribution in [0.25, 0.3) is 11.3 Å². The van der Waals surface area contributed by atoms with E-state index >= 15 is 0 Å². The minimum absolute atomic E-state index is 0.161. The lowest BCUT2D eigenvalue weighted by molar-refractivity contribution is 0.590. The monoisotopic (exact) mass is 242 g/mol. The van der Waals surface area contributed by atoms with Gasteiger partial charge in [0.15, 0.2) is 0 Å². The summed E-state index contributed by atoms with van der Waals surface area (Å²) in [6, 6.07) is 10.3.